The summed E-state index contributed by atoms with van der Waals surface area (Å²) in [6.07, 6.45) is 0. The summed E-state index contributed by atoms with van der Waals surface area (Å²) in [5.41, 5.74) is -1.37. The van der Waals surface area contributed by atoms with E-state index in [0.717, 1.165) is 0 Å². The van der Waals surface area contributed by atoms with Gasteiger partial charge < -0.3 is 15.2 Å². The first-order chi connectivity index (χ1) is 8.72. The van der Waals surface area contributed by atoms with Crippen LogP contribution >= 0.6 is 15.9 Å². The zero-order valence-electron chi connectivity index (χ0n) is 10.4. The SMILES string of the molecule is CC(C)(NC(=O)COc1ccc(F)cc1Br)C(=O)O. The van der Waals surface area contributed by atoms with Crippen molar-refractivity contribution < 1.29 is 23.8 Å². The van der Waals surface area contributed by atoms with Crippen molar-refractivity contribution in [1.82, 2.24) is 5.32 Å². The second-order valence-corrected chi connectivity index (χ2v) is 5.20. The topological polar surface area (TPSA) is 75.6 Å². The Kier molecular flexibility index (Phi) is 4.88. The molecule has 0 unspecified atom stereocenters. The molecule has 0 saturated heterocycles. The fourth-order valence-corrected chi connectivity index (χ4v) is 1.64. The minimum Gasteiger partial charge on any atom is -0.483 e. The minimum atomic E-state index is -1.37. The summed E-state index contributed by atoms with van der Waals surface area (Å²) in [5.74, 6) is -1.87. The maximum Gasteiger partial charge on any atom is 0.328 e. The molecule has 0 aromatic heterocycles. The summed E-state index contributed by atoms with van der Waals surface area (Å²) in [7, 11) is 0. The van der Waals surface area contributed by atoms with Crippen LogP contribution < -0.4 is 10.1 Å². The van der Waals surface area contributed by atoms with Crippen LogP contribution in [0.3, 0.4) is 0 Å². The number of carboxylic acid groups (broad SMARTS) is 1. The van der Waals surface area contributed by atoms with Crippen LogP contribution in [0, 0.1) is 5.82 Å². The molecule has 0 aliphatic carbocycles. The number of carbonyl (C=O) groups excluding carboxylic acids is 1. The summed E-state index contributed by atoms with van der Waals surface area (Å²) < 4.78 is 18.4. The van der Waals surface area contributed by atoms with E-state index in [2.05, 4.69) is 21.2 Å². The summed E-state index contributed by atoms with van der Waals surface area (Å²) >= 11 is 3.09. The fourth-order valence-electron chi connectivity index (χ4n) is 1.17. The number of hydrogen-bond donors (Lipinski definition) is 2. The van der Waals surface area contributed by atoms with E-state index in [4.69, 9.17) is 9.84 Å². The van der Waals surface area contributed by atoms with E-state index in [1.54, 1.807) is 0 Å². The number of amides is 1. The van der Waals surface area contributed by atoms with Crippen LogP contribution in [-0.2, 0) is 9.59 Å². The second-order valence-electron chi connectivity index (χ2n) is 4.34. The van der Waals surface area contributed by atoms with Gasteiger partial charge in [0.25, 0.3) is 5.91 Å². The first-order valence-corrected chi connectivity index (χ1v) is 6.14. The Labute approximate surface area is 117 Å². The average Bonchev–Trinajstić information content (AvgIpc) is 2.27. The number of nitrogens with one attached hydrogen (secondary N) is 1. The summed E-state index contributed by atoms with van der Waals surface area (Å²) in [5, 5.41) is 11.1. The molecule has 19 heavy (non-hydrogen) atoms. The molecule has 1 rings (SSSR count). The third kappa shape index (κ3) is 4.51. The van der Waals surface area contributed by atoms with Crippen molar-refractivity contribution in [2.24, 2.45) is 0 Å². The number of hydrogen-bond acceptors (Lipinski definition) is 3. The highest BCUT2D eigenvalue weighted by molar-refractivity contribution is 9.10. The van der Waals surface area contributed by atoms with Gasteiger partial charge in [-0.15, -0.1) is 0 Å². The van der Waals surface area contributed by atoms with Gasteiger partial charge in [0.15, 0.2) is 6.61 Å². The third-order valence-electron chi connectivity index (χ3n) is 2.24. The van der Waals surface area contributed by atoms with Gasteiger partial charge in [0.05, 0.1) is 4.47 Å². The normalized spacial score (nSPS) is 10.9. The molecule has 0 atom stereocenters. The van der Waals surface area contributed by atoms with Crippen LogP contribution in [0.15, 0.2) is 22.7 Å². The van der Waals surface area contributed by atoms with E-state index < -0.39 is 23.2 Å². The number of halogens is 2. The van der Waals surface area contributed by atoms with E-state index in [1.807, 2.05) is 0 Å². The average molecular weight is 334 g/mol. The number of carboxylic acids is 1. The van der Waals surface area contributed by atoms with Crippen LogP contribution in [0.4, 0.5) is 4.39 Å². The van der Waals surface area contributed by atoms with Crippen molar-refractivity contribution in [1.29, 1.82) is 0 Å². The zero-order chi connectivity index (χ0) is 14.6. The van der Waals surface area contributed by atoms with Crippen LogP contribution in [0.25, 0.3) is 0 Å². The van der Waals surface area contributed by atoms with Crippen LogP contribution in [0.5, 0.6) is 5.75 Å². The van der Waals surface area contributed by atoms with E-state index in [0.29, 0.717) is 10.2 Å². The molecule has 2 N–H and O–H groups in total. The predicted octanol–water partition coefficient (Wildman–Crippen LogP) is 1.95. The molecule has 0 aliphatic heterocycles. The number of carbonyl (C=O) groups is 2. The standard InChI is InChI=1S/C12H13BrFNO4/c1-12(2,11(17)18)15-10(16)6-19-9-4-3-7(14)5-8(9)13/h3-5H,6H2,1-2H3,(H,15,16)(H,17,18). The Hall–Kier alpha value is -1.63. The fraction of sp³-hybridized carbons (Fsp3) is 0.333. The van der Waals surface area contributed by atoms with Gasteiger partial charge in [0.1, 0.15) is 17.1 Å². The molecule has 0 aliphatic rings. The van der Waals surface area contributed by atoms with Gasteiger partial charge in [-0.1, -0.05) is 0 Å². The van der Waals surface area contributed by atoms with Crippen LogP contribution in [0.2, 0.25) is 0 Å². The number of aliphatic carboxylic acids is 1. The van der Waals surface area contributed by atoms with Gasteiger partial charge in [-0.3, -0.25) is 4.79 Å². The monoisotopic (exact) mass is 333 g/mol. The van der Waals surface area contributed by atoms with E-state index >= 15 is 0 Å². The number of benzene rings is 1. The largest absolute Gasteiger partial charge is 0.483 e. The van der Waals surface area contributed by atoms with E-state index in [9.17, 15) is 14.0 Å². The molecule has 0 radical (unpaired) electrons. The lowest BCUT2D eigenvalue weighted by atomic mass is 10.1. The van der Waals surface area contributed by atoms with Gasteiger partial charge in [0.2, 0.25) is 0 Å². The maximum atomic E-state index is 12.8. The third-order valence-corrected chi connectivity index (χ3v) is 2.86. The van der Waals surface area contributed by atoms with Gasteiger partial charge in [-0.2, -0.15) is 0 Å². The van der Waals surface area contributed by atoms with Gasteiger partial charge in [0, 0.05) is 0 Å². The first-order valence-electron chi connectivity index (χ1n) is 5.34. The molecule has 1 aromatic carbocycles. The van der Waals surface area contributed by atoms with Crippen molar-refractivity contribution in [3.8, 4) is 5.75 Å². The van der Waals surface area contributed by atoms with Crippen molar-refractivity contribution >= 4 is 27.8 Å². The predicted molar refractivity (Wildman–Crippen MR) is 69.5 cm³/mol. The number of ether oxygens (including phenoxy) is 1. The minimum absolute atomic E-state index is 0.296. The quantitative estimate of drug-likeness (QED) is 0.863. The molecule has 0 spiro atoms. The smallest absolute Gasteiger partial charge is 0.328 e. The molecule has 7 heteroatoms. The van der Waals surface area contributed by atoms with Crippen molar-refractivity contribution in [3.63, 3.8) is 0 Å². The lowest BCUT2D eigenvalue weighted by molar-refractivity contribution is -0.146. The maximum absolute atomic E-state index is 12.8. The molecule has 5 nitrogen and oxygen atoms in total. The zero-order valence-corrected chi connectivity index (χ0v) is 12.0. The van der Waals surface area contributed by atoms with E-state index in [-0.39, 0.29) is 6.61 Å². The van der Waals surface area contributed by atoms with Gasteiger partial charge in [-0.05, 0) is 48.0 Å². The van der Waals surface area contributed by atoms with Crippen molar-refractivity contribution in [2.45, 2.75) is 19.4 Å². The molecule has 1 aromatic rings. The molecular weight excluding hydrogens is 321 g/mol. The lowest BCUT2D eigenvalue weighted by Gasteiger charge is -2.21. The summed E-state index contributed by atoms with van der Waals surface area (Å²) in [6.45, 7) is 2.36. The summed E-state index contributed by atoms with van der Waals surface area (Å²) in [4.78, 5) is 22.3. The number of rotatable bonds is 5. The Morgan fingerprint density at radius 3 is 2.63 bits per heavy atom. The molecular formula is C12H13BrFNO4. The Morgan fingerprint density at radius 1 is 1.47 bits per heavy atom. The molecule has 0 fully saturated rings. The van der Waals surface area contributed by atoms with Crippen LogP contribution in [0.1, 0.15) is 13.8 Å². The molecule has 0 heterocycles. The Morgan fingerprint density at radius 2 is 2.11 bits per heavy atom. The van der Waals surface area contributed by atoms with E-state index in [1.165, 1.54) is 32.0 Å². The lowest BCUT2D eigenvalue weighted by Crippen LogP contribution is -2.51. The highest BCUT2D eigenvalue weighted by atomic mass is 79.9. The van der Waals surface area contributed by atoms with Crippen molar-refractivity contribution in [2.75, 3.05) is 6.61 Å². The van der Waals surface area contributed by atoms with Gasteiger partial charge >= 0.3 is 5.97 Å². The molecule has 0 bridgehead atoms. The Balaban J connectivity index is 2.57. The van der Waals surface area contributed by atoms with Crippen molar-refractivity contribution in [3.05, 3.63) is 28.5 Å². The molecule has 0 saturated carbocycles. The van der Waals surface area contributed by atoms with Crippen LogP contribution in [-0.4, -0.2) is 29.1 Å². The Bertz CT molecular complexity index is 505. The van der Waals surface area contributed by atoms with Gasteiger partial charge in [-0.25, -0.2) is 9.18 Å². The second kappa shape index (κ2) is 6.01. The summed E-state index contributed by atoms with van der Waals surface area (Å²) in [6, 6.07) is 3.77. The highest BCUT2D eigenvalue weighted by Crippen LogP contribution is 2.25. The first kappa shape index (κ1) is 15.4. The molecule has 104 valence electrons. The molecule has 1 amide bonds. The highest BCUT2D eigenvalue weighted by Gasteiger charge is 2.28.